The van der Waals surface area contributed by atoms with Crippen LogP contribution >= 0.6 is 22.9 Å². The molecule has 5 aromatic rings. The summed E-state index contributed by atoms with van der Waals surface area (Å²) in [6, 6.07) is 11.5. The summed E-state index contributed by atoms with van der Waals surface area (Å²) in [4.78, 5) is 33.7. The molecule has 0 unspecified atom stereocenters. The second-order valence-corrected chi connectivity index (χ2v) is 13.0. The maximum atomic E-state index is 14.3. The van der Waals surface area contributed by atoms with Gasteiger partial charge in [-0.05, 0) is 50.7 Å². The predicted molar refractivity (Wildman–Crippen MR) is 180 cm³/mol. The van der Waals surface area contributed by atoms with Crippen LogP contribution in [0.5, 0.6) is 5.75 Å². The van der Waals surface area contributed by atoms with Gasteiger partial charge in [0.1, 0.15) is 24.3 Å². The Kier molecular flexibility index (Phi) is 8.84. The highest BCUT2D eigenvalue weighted by Crippen LogP contribution is 2.43. The van der Waals surface area contributed by atoms with Crippen LogP contribution < -0.4 is 15.2 Å². The van der Waals surface area contributed by atoms with Crippen LogP contribution in [0.15, 0.2) is 46.6 Å². The van der Waals surface area contributed by atoms with E-state index in [1.165, 1.54) is 27.7 Å². The van der Waals surface area contributed by atoms with Crippen LogP contribution in [0, 0.1) is 25.2 Å². The summed E-state index contributed by atoms with van der Waals surface area (Å²) in [6.45, 7) is 4.84. The zero-order valence-electron chi connectivity index (χ0n) is 26.1. The Hall–Kier alpha value is -4.64. The number of carbonyl (C=O) groups is 1. The average Bonchev–Trinajstić information content (AvgIpc) is 3.49. The highest BCUT2D eigenvalue weighted by Gasteiger charge is 2.39. The molecule has 3 heterocycles. The van der Waals surface area contributed by atoms with E-state index in [0.717, 1.165) is 21.9 Å². The number of ether oxygens (including phenoxy) is 1. The molecule has 14 heteroatoms. The summed E-state index contributed by atoms with van der Waals surface area (Å²) in [5.41, 5.74) is -0.127. The molecule has 9 nitrogen and oxygen atoms in total. The normalized spacial score (nSPS) is 14.1. The topological polar surface area (TPSA) is 112 Å². The molecule has 48 heavy (non-hydrogen) atoms. The van der Waals surface area contributed by atoms with Gasteiger partial charge in [0.2, 0.25) is 0 Å². The molecular weight excluding hydrogens is 667 g/mol. The smallest absolute Gasteiger partial charge is 0.418 e. The zero-order chi connectivity index (χ0) is 34.5. The fraction of sp³-hybridized carbons (Fsp3) is 0.294. The predicted octanol–water partition coefficient (Wildman–Crippen LogP) is 6.97. The molecule has 2 aromatic heterocycles. The van der Waals surface area contributed by atoms with Gasteiger partial charge < -0.3 is 19.6 Å². The molecule has 0 amide bonds. The Balaban J connectivity index is 1.38. The number of hydrogen-bond donors (Lipinski definition) is 1. The highest BCUT2D eigenvalue weighted by molar-refractivity contribution is 7.18. The first kappa shape index (κ1) is 33.3. The van der Waals surface area contributed by atoms with Crippen molar-refractivity contribution in [3.8, 4) is 22.9 Å². The number of alkyl halides is 3. The van der Waals surface area contributed by atoms with E-state index in [-0.39, 0.29) is 59.8 Å². The molecule has 1 aliphatic rings. The van der Waals surface area contributed by atoms with E-state index in [1.807, 2.05) is 37.1 Å². The van der Waals surface area contributed by atoms with Crippen LogP contribution in [0.4, 0.5) is 18.9 Å². The number of benzene rings is 3. The first-order valence-electron chi connectivity index (χ1n) is 15.0. The van der Waals surface area contributed by atoms with Crippen molar-refractivity contribution in [3.63, 3.8) is 0 Å². The number of nitriles is 1. The van der Waals surface area contributed by atoms with Crippen molar-refractivity contribution < 1.29 is 27.8 Å². The molecule has 3 aromatic carbocycles. The van der Waals surface area contributed by atoms with Gasteiger partial charge in [0.25, 0.3) is 5.56 Å². The lowest BCUT2D eigenvalue weighted by molar-refractivity contribution is -0.137. The number of aromatic carboxylic acids is 1. The Morgan fingerprint density at radius 3 is 2.50 bits per heavy atom. The van der Waals surface area contributed by atoms with Crippen LogP contribution in [0.2, 0.25) is 5.02 Å². The van der Waals surface area contributed by atoms with E-state index in [2.05, 4.69) is 4.98 Å². The number of likely N-dealkylation sites (N-methyl/N-ethyl adjacent to an activating group) is 1. The van der Waals surface area contributed by atoms with E-state index in [0.29, 0.717) is 34.8 Å². The van der Waals surface area contributed by atoms with Crippen molar-refractivity contribution in [2.24, 2.45) is 0 Å². The van der Waals surface area contributed by atoms with Gasteiger partial charge in [0.05, 0.1) is 39.8 Å². The lowest BCUT2D eigenvalue weighted by atomic mass is 9.98. The number of carboxylic acids is 1. The van der Waals surface area contributed by atoms with E-state index < -0.39 is 23.3 Å². The Morgan fingerprint density at radius 2 is 1.83 bits per heavy atom. The molecule has 0 spiro atoms. The van der Waals surface area contributed by atoms with Gasteiger partial charge in [0, 0.05) is 57.8 Å². The second-order valence-electron chi connectivity index (χ2n) is 11.6. The van der Waals surface area contributed by atoms with Crippen molar-refractivity contribution in [2.45, 2.75) is 26.6 Å². The van der Waals surface area contributed by atoms with Crippen molar-refractivity contribution in [1.82, 2.24) is 14.5 Å². The van der Waals surface area contributed by atoms with Crippen LogP contribution in [0.1, 0.15) is 32.9 Å². The largest absolute Gasteiger partial charge is 0.491 e. The van der Waals surface area contributed by atoms with E-state index in [9.17, 15) is 33.1 Å². The molecule has 248 valence electrons. The monoisotopic (exact) mass is 695 g/mol. The number of thiophene rings is 1. The molecule has 1 aliphatic heterocycles. The van der Waals surface area contributed by atoms with Crippen LogP contribution in [0.25, 0.3) is 32.1 Å². The van der Waals surface area contributed by atoms with Crippen molar-refractivity contribution >= 4 is 55.6 Å². The molecule has 0 bridgehead atoms. The van der Waals surface area contributed by atoms with Crippen LogP contribution in [-0.4, -0.2) is 65.4 Å². The Morgan fingerprint density at radius 1 is 1.10 bits per heavy atom. The minimum absolute atomic E-state index is 0.0170. The van der Waals surface area contributed by atoms with Gasteiger partial charge in [-0.25, -0.2) is 9.78 Å². The minimum atomic E-state index is -4.77. The van der Waals surface area contributed by atoms with Gasteiger partial charge in [-0.3, -0.25) is 9.36 Å². The van der Waals surface area contributed by atoms with Gasteiger partial charge >= 0.3 is 12.1 Å². The average molecular weight is 696 g/mol. The highest BCUT2D eigenvalue weighted by atomic mass is 35.5. The number of rotatable bonds is 7. The molecule has 0 saturated carbocycles. The zero-order valence-corrected chi connectivity index (χ0v) is 27.7. The van der Waals surface area contributed by atoms with Gasteiger partial charge in [0.15, 0.2) is 0 Å². The van der Waals surface area contributed by atoms with Crippen molar-refractivity contribution in [1.29, 1.82) is 5.26 Å². The summed E-state index contributed by atoms with van der Waals surface area (Å²) >= 11 is 7.67. The molecule has 6 rings (SSSR count). The third-order valence-electron chi connectivity index (χ3n) is 8.61. The maximum Gasteiger partial charge on any atom is 0.418 e. The van der Waals surface area contributed by atoms with Crippen LogP contribution in [0.3, 0.4) is 0 Å². The molecule has 1 saturated heterocycles. The lowest BCUT2D eigenvalue weighted by Crippen LogP contribution is -2.45. The van der Waals surface area contributed by atoms with Gasteiger partial charge in [-0.15, -0.1) is 11.3 Å². The summed E-state index contributed by atoms with van der Waals surface area (Å²) in [7, 11) is 1.87. The van der Waals surface area contributed by atoms with Crippen LogP contribution in [-0.2, 0) is 12.7 Å². The van der Waals surface area contributed by atoms with Crippen molar-refractivity contribution in [3.05, 3.63) is 85.2 Å². The summed E-state index contributed by atoms with van der Waals surface area (Å²) in [5.74, 6) is -0.435. The summed E-state index contributed by atoms with van der Waals surface area (Å²) < 4.78 is 51.3. The fourth-order valence-electron chi connectivity index (χ4n) is 6.20. The number of aryl methyl sites for hydroxylation is 2. The minimum Gasteiger partial charge on any atom is -0.491 e. The molecule has 0 atom stereocenters. The molecule has 0 aliphatic carbocycles. The SMILES string of the molecule is Cc1ccc(-c2cc(Cl)ccc2OCCn2c(C)nc3cc(C(F)(F)F)c(N4CCN(C)CC4)c(C#N)c3c2=O)c2scc(C(=O)O)c12. The molecular formula is C34H29ClF3N5O4S. The number of nitrogens with zero attached hydrogens (tertiary/aromatic N) is 5. The molecule has 1 fully saturated rings. The number of anilines is 1. The summed E-state index contributed by atoms with van der Waals surface area (Å²) in [5, 5.41) is 22.4. The lowest BCUT2D eigenvalue weighted by Gasteiger charge is -2.36. The number of carboxylic acid groups (broad SMARTS) is 1. The quantitative estimate of drug-likeness (QED) is 0.194. The number of piperazine rings is 1. The third-order valence-corrected chi connectivity index (χ3v) is 9.86. The first-order chi connectivity index (χ1) is 22.8. The second kappa shape index (κ2) is 12.8. The van der Waals surface area contributed by atoms with E-state index in [4.69, 9.17) is 16.3 Å². The first-order valence-corrected chi connectivity index (χ1v) is 16.2. The molecule has 0 radical (unpaired) electrons. The fourth-order valence-corrected chi connectivity index (χ4v) is 7.52. The standard InChI is InChI=1S/C34H29ClF3N5O4S/c1-18-4-6-21(31-28(18)24(17-48-31)33(45)46)22-14-20(35)5-7-27(22)47-13-12-43-19(2)40-26-15-25(34(36,37)38)30(23(16-39)29(26)32(43)44)42-10-8-41(3)9-11-42/h4-7,14-15,17H,8-13H2,1-3H3,(H,45,46). The number of halogens is 4. The number of aromatic nitrogens is 2. The Labute approximate surface area is 282 Å². The van der Waals surface area contributed by atoms with E-state index in [1.54, 1.807) is 23.6 Å². The molecule has 1 N–H and O–H groups in total. The third kappa shape index (κ3) is 5.96. The maximum absolute atomic E-state index is 14.3. The summed E-state index contributed by atoms with van der Waals surface area (Å²) in [6.07, 6.45) is -4.77. The van der Waals surface area contributed by atoms with Crippen molar-refractivity contribution in [2.75, 3.05) is 44.7 Å². The van der Waals surface area contributed by atoms with Gasteiger partial charge in [-0.1, -0.05) is 23.7 Å². The number of hydrogen-bond acceptors (Lipinski definition) is 8. The van der Waals surface area contributed by atoms with E-state index >= 15 is 0 Å². The van der Waals surface area contributed by atoms with Gasteiger partial charge in [-0.2, -0.15) is 18.4 Å². The Bertz CT molecular complexity index is 2200. The number of fused-ring (bicyclic) bond motifs is 2.